The van der Waals surface area contributed by atoms with Crippen LogP contribution < -0.4 is 5.32 Å². The van der Waals surface area contributed by atoms with Gasteiger partial charge in [0.25, 0.3) is 10.1 Å². The summed E-state index contributed by atoms with van der Waals surface area (Å²) in [6.45, 7) is 0.590. The average molecular weight is 266 g/mol. The van der Waals surface area contributed by atoms with Crippen molar-refractivity contribution in [1.82, 2.24) is 10.2 Å². The summed E-state index contributed by atoms with van der Waals surface area (Å²) in [7, 11) is -4.44. The van der Waals surface area contributed by atoms with E-state index in [9.17, 15) is 17.8 Å². The van der Waals surface area contributed by atoms with E-state index in [2.05, 4.69) is 5.32 Å². The first-order chi connectivity index (χ1) is 8.52. The highest BCUT2D eigenvalue weighted by Gasteiger charge is 2.38. The first kappa shape index (κ1) is 11.2. The van der Waals surface area contributed by atoms with Gasteiger partial charge in [0.05, 0.1) is 11.7 Å². The molecule has 2 N–H and O–H groups in total. The maximum Gasteiger partial charge on any atom is 0.297 e. The number of nitrogens with one attached hydrogen (secondary N) is 1. The molecule has 0 aromatic carbocycles. The van der Waals surface area contributed by atoms with Gasteiger partial charge in [0.2, 0.25) is 0 Å². The summed E-state index contributed by atoms with van der Waals surface area (Å²) >= 11 is 0. The van der Waals surface area contributed by atoms with Gasteiger partial charge in [0, 0.05) is 12.1 Å². The van der Waals surface area contributed by atoms with E-state index in [-0.39, 0.29) is 16.5 Å². The molecule has 3 aliphatic rings. The standard InChI is InChI=1S/C11H10N2O4S/c14-6-7-4-8-5-12-10-3-1-2-9(13(8)10)11(7)18(15,16)17/h1-4,6,8,12H,5H2,(H,15,16,17). The van der Waals surface area contributed by atoms with Gasteiger partial charge in [-0.1, -0.05) is 6.08 Å². The molecule has 3 heterocycles. The van der Waals surface area contributed by atoms with Crippen molar-refractivity contribution in [2.75, 3.05) is 6.54 Å². The smallest absolute Gasteiger partial charge is 0.297 e. The zero-order chi connectivity index (χ0) is 12.9. The van der Waals surface area contributed by atoms with Gasteiger partial charge in [-0.25, -0.2) is 0 Å². The van der Waals surface area contributed by atoms with Crippen LogP contribution in [-0.2, 0) is 14.9 Å². The first-order valence-electron chi connectivity index (χ1n) is 5.33. The molecule has 0 saturated carbocycles. The van der Waals surface area contributed by atoms with Gasteiger partial charge in [-0.3, -0.25) is 9.35 Å². The fraction of sp³-hybridized carbons (Fsp3) is 0.182. The third-order valence-corrected chi connectivity index (χ3v) is 4.06. The van der Waals surface area contributed by atoms with Crippen molar-refractivity contribution in [3.63, 3.8) is 0 Å². The average Bonchev–Trinajstić information content (AvgIpc) is 2.72. The molecule has 0 spiro atoms. The predicted molar refractivity (Wildman–Crippen MR) is 63.6 cm³/mol. The fourth-order valence-electron chi connectivity index (χ4n) is 2.45. The Bertz CT molecular complexity index is 655. The van der Waals surface area contributed by atoms with Crippen molar-refractivity contribution in [1.29, 1.82) is 0 Å². The van der Waals surface area contributed by atoms with Gasteiger partial charge in [0.15, 0.2) is 6.29 Å². The van der Waals surface area contributed by atoms with Crippen LogP contribution in [0.4, 0.5) is 0 Å². The van der Waals surface area contributed by atoms with Crippen LogP contribution in [0.2, 0.25) is 0 Å². The summed E-state index contributed by atoms with van der Waals surface area (Å²) in [5, 5.41) is 3.11. The van der Waals surface area contributed by atoms with Crippen LogP contribution in [-0.4, -0.2) is 36.7 Å². The van der Waals surface area contributed by atoms with Gasteiger partial charge in [-0.15, -0.1) is 0 Å². The lowest BCUT2D eigenvalue weighted by Crippen LogP contribution is -2.34. The lowest BCUT2D eigenvalue weighted by Gasteiger charge is -2.32. The number of rotatable bonds is 2. The van der Waals surface area contributed by atoms with Crippen LogP contribution in [0.5, 0.6) is 0 Å². The lowest BCUT2D eigenvalue weighted by molar-refractivity contribution is -0.104. The number of nitrogens with zero attached hydrogens (tertiary/aromatic N) is 1. The zero-order valence-corrected chi connectivity index (χ0v) is 10.0. The number of allylic oxidation sites excluding steroid dienone is 4. The summed E-state index contributed by atoms with van der Waals surface area (Å²) in [5.41, 5.74) is 0.331. The van der Waals surface area contributed by atoms with Gasteiger partial charge in [-0.2, -0.15) is 8.42 Å². The lowest BCUT2D eigenvalue weighted by atomic mass is 10.0. The molecule has 0 bridgehead atoms. The summed E-state index contributed by atoms with van der Waals surface area (Å²) in [6.07, 6.45) is 7.06. The summed E-state index contributed by atoms with van der Waals surface area (Å²) < 4.78 is 32.2. The molecule has 6 nitrogen and oxygen atoms in total. The minimum absolute atomic E-state index is 0.00310. The second-order valence-electron chi connectivity index (χ2n) is 4.16. The molecule has 3 aliphatic heterocycles. The maximum absolute atomic E-state index is 11.4. The molecule has 3 rings (SSSR count). The Kier molecular flexibility index (Phi) is 2.23. The van der Waals surface area contributed by atoms with Crippen LogP contribution in [0.3, 0.4) is 0 Å². The Morgan fingerprint density at radius 2 is 2.28 bits per heavy atom. The van der Waals surface area contributed by atoms with E-state index >= 15 is 0 Å². The molecule has 0 radical (unpaired) electrons. The van der Waals surface area contributed by atoms with E-state index in [1.165, 1.54) is 0 Å². The van der Waals surface area contributed by atoms with Crippen LogP contribution in [0, 0.1) is 0 Å². The first-order valence-corrected chi connectivity index (χ1v) is 6.77. The predicted octanol–water partition coefficient (Wildman–Crippen LogP) is -0.0903. The minimum Gasteiger partial charge on any atom is -0.369 e. The van der Waals surface area contributed by atoms with E-state index in [1.54, 1.807) is 23.1 Å². The highest BCUT2D eigenvalue weighted by molar-refractivity contribution is 7.90. The molecule has 0 aromatic heterocycles. The Balaban J connectivity index is 2.29. The summed E-state index contributed by atoms with van der Waals surface area (Å²) in [5.74, 6) is 0.764. The summed E-state index contributed by atoms with van der Waals surface area (Å²) in [6, 6.07) is -0.109. The van der Waals surface area contributed by atoms with Gasteiger partial charge < -0.3 is 10.2 Å². The normalized spacial score (nSPS) is 25.4. The molecule has 7 heteroatoms. The van der Waals surface area contributed by atoms with E-state index in [4.69, 9.17) is 0 Å². The molecule has 1 unspecified atom stereocenters. The number of aldehydes is 1. The molecule has 1 atom stereocenters. The largest absolute Gasteiger partial charge is 0.369 e. The van der Waals surface area contributed by atoms with Crippen LogP contribution in [0.25, 0.3) is 0 Å². The minimum atomic E-state index is -4.44. The third kappa shape index (κ3) is 1.44. The Hall–Kier alpha value is -1.86. The van der Waals surface area contributed by atoms with Crippen molar-refractivity contribution in [3.05, 3.63) is 46.3 Å². The maximum atomic E-state index is 11.4. The van der Waals surface area contributed by atoms with E-state index in [0.29, 0.717) is 18.5 Å². The van der Waals surface area contributed by atoms with Crippen LogP contribution in [0.15, 0.2) is 46.3 Å². The molecule has 0 aliphatic carbocycles. The Labute approximate surface area is 104 Å². The molecule has 1 saturated heterocycles. The Morgan fingerprint density at radius 3 is 2.94 bits per heavy atom. The van der Waals surface area contributed by atoms with Crippen molar-refractivity contribution >= 4 is 16.4 Å². The molecule has 1 fully saturated rings. The zero-order valence-electron chi connectivity index (χ0n) is 9.20. The van der Waals surface area contributed by atoms with Crippen molar-refractivity contribution in [2.24, 2.45) is 0 Å². The van der Waals surface area contributed by atoms with Gasteiger partial charge in [-0.05, 0) is 18.2 Å². The van der Waals surface area contributed by atoms with Crippen molar-refractivity contribution < 1.29 is 17.8 Å². The van der Waals surface area contributed by atoms with E-state index in [0.717, 1.165) is 5.82 Å². The van der Waals surface area contributed by atoms with Gasteiger partial charge in [0.1, 0.15) is 10.7 Å². The van der Waals surface area contributed by atoms with Crippen LogP contribution in [0.1, 0.15) is 0 Å². The fourth-order valence-corrected chi connectivity index (χ4v) is 3.29. The van der Waals surface area contributed by atoms with E-state index in [1.807, 2.05) is 6.08 Å². The monoisotopic (exact) mass is 266 g/mol. The third-order valence-electron chi connectivity index (χ3n) is 3.10. The highest BCUT2D eigenvalue weighted by Crippen LogP contribution is 2.36. The molecule has 0 amide bonds. The SMILES string of the molecule is O=CC1=CC2CNC3=CC=CC(=C1S(=O)(=O)O)N32. The van der Waals surface area contributed by atoms with E-state index < -0.39 is 10.1 Å². The highest BCUT2D eigenvalue weighted by atomic mass is 32.2. The second kappa shape index (κ2) is 3.56. The molecule has 94 valence electrons. The topological polar surface area (TPSA) is 86.7 Å². The second-order valence-corrected chi connectivity index (χ2v) is 5.52. The number of carbonyl (C=O) groups is 1. The molecule has 0 aromatic rings. The van der Waals surface area contributed by atoms with Crippen LogP contribution >= 0.6 is 0 Å². The molecular weight excluding hydrogens is 256 g/mol. The molecule has 18 heavy (non-hydrogen) atoms. The Morgan fingerprint density at radius 1 is 1.50 bits per heavy atom. The number of hydrogen-bond donors (Lipinski definition) is 2. The number of hydrogen-bond acceptors (Lipinski definition) is 5. The van der Waals surface area contributed by atoms with Crippen molar-refractivity contribution in [3.8, 4) is 0 Å². The quantitative estimate of drug-likeness (QED) is 0.536. The van der Waals surface area contributed by atoms with Gasteiger partial charge >= 0.3 is 0 Å². The summed E-state index contributed by atoms with van der Waals surface area (Å²) in [4.78, 5) is 12.4. The molecular formula is C11H10N2O4S. The number of carbonyl (C=O) groups excluding carboxylic acids is 1. The van der Waals surface area contributed by atoms with Crippen molar-refractivity contribution in [2.45, 2.75) is 6.04 Å².